The molecule has 2 N–H and O–H groups in total. The van der Waals surface area contributed by atoms with E-state index in [0.717, 1.165) is 26.2 Å². The normalized spacial score (nSPS) is 20.4. The van der Waals surface area contributed by atoms with Crippen LogP contribution < -0.4 is 10.6 Å². The number of hydrogen-bond acceptors (Lipinski definition) is 4. The minimum Gasteiger partial charge on any atom is -0.374 e. The van der Waals surface area contributed by atoms with Crippen LogP contribution in [0.2, 0.25) is 0 Å². The van der Waals surface area contributed by atoms with E-state index >= 15 is 0 Å². The summed E-state index contributed by atoms with van der Waals surface area (Å²) in [5.74, 6) is 0. The number of ether oxygens (including phenoxy) is 1. The lowest BCUT2D eigenvalue weighted by Gasteiger charge is -2.37. The summed E-state index contributed by atoms with van der Waals surface area (Å²) in [5, 5.41) is 0. The first kappa shape index (κ1) is 15.3. The molecule has 2 rings (SSSR count). The van der Waals surface area contributed by atoms with Crippen LogP contribution in [-0.2, 0) is 11.3 Å². The molecule has 0 spiro atoms. The maximum Gasteiger partial charge on any atom is 0.0877 e. The molecule has 4 nitrogen and oxygen atoms in total. The Morgan fingerprint density at radius 3 is 2.85 bits per heavy atom. The van der Waals surface area contributed by atoms with Crippen LogP contribution in [0.4, 0.5) is 5.69 Å². The topological polar surface area (TPSA) is 41.7 Å². The van der Waals surface area contributed by atoms with Gasteiger partial charge < -0.3 is 15.4 Å². The fourth-order valence-corrected chi connectivity index (χ4v) is 2.78. The molecule has 1 unspecified atom stereocenters. The standard InChI is InChI=1S/C16H27N3O/c1-13(2)19-8-9-20-15(12-19)11-18(3)16-7-5-4-6-14(16)10-17/h4-7,13,15H,8-12,17H2,1-3H3. The van der Waals surface area contributed by atoms with Crippen molar-refractivity contribution in [2.45, 2.75) is 32.5 Å². The van der Waals surface area contributed by atoms with Crippen LogP contribution in [0.15, 0.2) is 24.3 Å². The molecule has 1 saturated heterocycles. The Morgan fingerprint density at radius 1 is 1.40 bits per heavy atom. The predicted molar refractivity (Wildman–Crippen MR) is 84.1 cm³/mol. The first-order valence-electron chi connectivity index (χ1n) is 7.46. The lowest BCUT2D eigenvalue weighted by molar-refractivity contribution is -0.0338. The van der Waals surface area contributed by atoms with Crippen molar-refractivity contribution in [2.75, 3.05) is 38.2 Å². The lowest BCUT2D eigenvalue weighted by atomic mass is 10.1. The van der Waals surface area contributed by atoms with Gasteiger partial charge in [0.25, 0.3) is 0 Å². The number of benzene rings is 1. The van der Waals surface area contributed by atoms with E-state index in [-0.39, 0.29) is 6.10 Å². The molecule has 20 heavy (non-hydrogen) atoms. The van der Waals surface area contributed by atoms with Crippen molar-refractivity contribution in [3.05, 3.63) is 29.8 Å². The molecular formula is C16H27N3O. The zero-order chi connectivity index (χ0) is 14.5. The van der Waals surface area contributed by atoms with Crippen molar-refractivity contribution < 1.29 is 4.74 Å². The van der Waals surface area contributed by atoms with Crippen LogP contribution >= 0.6 is 0 Å². The van der Waals surface area contributed by atoms with Gasteiger partial charge in [-0.15, -0.1) is 0 Å². The minimum atomic E-state index is 0.266. The van der Waals surface area contributed by atoms with Gasteiger partial charge in [0, 0.05) is 45.0 Å². The summed E-state index contributed by atoms with van der Waals surface area (Å²) in [7, 11) is 2.12. The second-order valence-corrected chi connectivity index (χ2v) is 5.79. The Labute approximate surface area is 122 Å². The third-order valence-corrected chi connectivity index (χ3v) is 4.00. The highest BCUT2D eigenvalue weighted by Gasteiger charge is 2.23. The highest BCUT2D eigenvalue weighted by molar-refractivity contribution is 5.53. The first-order chi connectivity index (χ1) is 9.61. The highest BCUT2D eigenvalue weighted by Crippen LogP contribution is 2.20. The molecule has 0 saturated carbocycles. The third kappa shape index (κ3) is 3.72. The summed E-state index contributed by atoms with van der Waals surface area (Å²) in [6.07, 6.45) is 0.266. The quantitative estimate of drug-likeness (QED) is 0.889. The van der Waals surface area contributed by atoms with Gasteiger partial charge in [-0.05, 0) is 25.5 Å². The largest absolute Gasteiger partial charge is 0.374 e. The number of hydrogen-bond donors (Lipinski definition) is 1. The molecule has 0 bridgehead atoms. The van der Waals surface area contributed by atoms with Crippen LogP contribution in [-0.4, -0.2) is 50.3 Å². The Balaban J connectivity index is 1.98. The SMILES string of the molecule is CC(C)N1CCOC(CN(C)c2ccccc2CN)C1. The molecule has 1 aromatic carbocycles. The summed E-state index contributed by atoms with van der Waals surface area (Å²) in [4.78, 5) is 4.74. The van der Waals surface area contributed by atoms with E-state index < -0.39 is 0 Å². The number of morpholine rings is 1. The summed E-state index contributed by atoms with van der Waals surface area (Å²) in [6, 6.07) is 8.91. The highest BCUT2D eigenvalue weighted by atomic mass is 16.5. The van der Waals surface area contributed by atoms with Crippen LogP contribution in [0.25, 0.3) is 0 Å². The Hall–Kier alpha value is -1.10. The van der Waals surface area contributed by atoms with Gasteiger partial charge in [0.05, 0.1) is 12.7 Å². The minimum absolute atomic E-state index is 0.266. The first-order valence-corrected chi connectivity index (χ1v) is 7.46. The van der Waals surface area contributed by atoms with Gasteiger partial charge in [-0.3, -0.25) is 4.90 Å². The summed E-state index contributed by atoms with van der Waals surface area (Å²) in [5.41, 5.74) is 8.21. The van der Waals surface area contributed by atoms with E-state index in [4.69, 9.17) is 10.5 Å². The van der Waals surface area contributed by atoms with Gasteiger partial charge in [0.1, 0.15) is 0 Å². The second-order valence-electron chi connectivity index (χ2n) is 5.79. The van der Waals surface area contributed by atoms with Crippen molar-refractivity contribution in [1.82, 2.24) is 4.90 Å². The van der Waals surface area contributed by atoms with E-state index in [1.165, 1.54) is 11.3 Å². The molecule has 0 radical (unpaired) electrons. The molecule has 1 heterocycles. The van der Waals surface area contributed by atoms with Gasteiger partial charge in [0.15, 0.2) is 0 Å². The van der Waals surface area contributed by atoms with Crippen LogP contribution in [0.3, 0.4) is 0 Å². The molecule has 112 valence electrons. The predicted octanol–water partition coefficient (Wildman–Crippen LogP) is 1.69. The fourth-order valence-electron chi connectivity index (χ4n) is 2.78. The molecular weight excluding hydrogens is 250 g/mol. The monoisotopic (exact) mass is 277 g/mol. The molecule has 1 aromatic rings. The molecule has 4 heteroatoms. The number of likely N-dealkylation sites (N-methyl/N-ethyl adjacent to an activating group) is 1. The molecule has 1 aliphatic heterocycles. The van der Waals surface area contributed by atoms with E-state index in [0.29, 0.717) is 12.6 Å². The Morgan fingerprint density at radius 2 is 2.15 bits per heavy atom. The van der Waals surface area contributed by atoms with Crippen LogP contribution in [0.1, 0.15) is 19.4 Å². The van der Waals surface area contributed by atoms with Gasteiger partial charge in [-0.2, -0.15) is 0 Å². The van der Waals surface area contributed by atoms with Crippen LogP contribution in [0.5, 0.6) is 0 Å². The van der Waals surface area contributed by atoms with Crippen molar-refractivity contribution in [1.29, 1.82) is 0 Å². The molecule has 0 amide bonds. The Bertz CT molecular complexity index is 422. The smallest absolute Gasteiger partial charge is 0.0877 e. The average Bonchev–Trinajstić information content (AvgIpc) is 2.47. The maximum atomic E-state index is 5.91. The zero-order valence-electron chi connectivity index (χ0n) is 12.9. The summed E-state index contributed by atoms with van der Waals surface area (Å²) >= 11 is 0. The molecule has 1 atom stereocenters. The van der Waals surface area contributed by atoms with Gasteiger partial charge >= 0.3 is 0 Å². The van der Waals surface area contributed by atoms with Crippen LogP contribution in [0, 0.1) is 0 Å². The van der Waals surface area contributed by atoms with Crippen molar-refractivity contribution in [2.24, 2.45) is 5.73 Å². The van der Waals surface area contributed by atoms with E-state index in [1.807, 2.05) is 6.07 Å². The maximum absolute atomic E-state index is 5.91. The number of nitrogens with zero attached hydrogens (tertiary/aromatic N) is 2. The zero-order valence-corrected chi connectivity index (χ0v) is 12.9. The number of para-hydroxylation sites is 1. The molecule has 1 aliphatic rings. The van der Waals surface area contributed by atoms with Crippen molar-refractivity contribution in [3.63, 3.8) is 0 Å². The fraction of sp³-hybridized carbons (Fsp3) is 0.625. The van der Waals surface area contributed by atoms with Gasteiger partial charge in [0.2, 0.25) is 0 Å². The lowest BCUT2D eigenvalue weighted by Crippen LogP contribution is -2.49. The third-order valence-electron chi connectivity index (χ3n) is 4.00. The number of rotatable bonds is 5. The summed E-state index contributed by atoms with van der Waals surface area (Å²) in [6.45, 7) is 8.84. The second kappa shape index (κ2) is 7.07. The molecule has 0 aliphatic carbocycles. The van der Waals surface area contributed by atoms with E-state index in [2.05, 4.69) is 48.9 Å². The van der Waals surface area contributed by atoms with Crippen molar-refractivity contribution in [3.8, 4) is 0 Å². The molecule has 0 aromatic heterocycles. The van der Waals surface area contributed by atoms with Gasteiger partial charge in [-0.1, -0.05) is 18.2 Å². The Kier molecular flexibility index (Phi) is 5.40. The summed E-state index contributed by atoms with van der Waals surface area (Å²) < 4.78 is 5.91. The van der Waals surface area contributed by atoms with Gasteiger partial charge in [-0.25, -0.2) is 0 Å². The average molecular weight is 277 g/mol. The number of nitrogens with two attached hydrogens (primary N) is 1. The van der Waals surface area contributed by atoms with Crippen molar-refractivity contribution >= 4 is 5.69 Å². The molecule has 1 fully saturated rings. The van der Waals surface area contributed by atoms with E-state index in [9.17, 15) is 0 Å². The number of anilines is 1. The van der Waals surface area contributed by atoms with E-state index in [1.54, 1.807) is 0 Å².